The number of unbranched alkanes of at least 4 members (excludes halogenated alkanes) is 2. The molecule has 0 amide bonds. The molecule has 3 aliphatic carbocycles. The molecule has 0 aromatic carbocycles. The fraction of sp³-hybridized carbons (Fsp3) is 0.906. The SMILES string of the molecule is C=C(CO)C(=O)OCC(CO)C1CCC(C2CCC(CCC3CCC(CCCCC)CC3)CC2)CC1. The highest BCUT2D eigenvalue weighted by Gasteiger charge is 2.34. The number of carbonyl (C=O) groups is 1. The predicted octanol–water partition coefficient (Wildman–Crippen LogP) is 7.47. The predicted molar refractivity (Wildman–Crippen MR) is 147 cm³/mol. The van der Waals surface area contributed by atoms with Crippen LogP contribution < -0.4 is 0 Å². The van der Waals surface area contributed by atoms with E-state index in [4.69, 9.17) is 9.84 Å². The van der Waals surface area contributed by atoms with Gasteiger partial charge in [0, 0.05) is 12.5 Å². The molecule has 3 rings (SSSR count). The Morgan fingerprint density at radius 1 is 0.778 bits per heavy atom. The first-order chi connectivity index (χ1) is 17.5. The number of aliphatic hydroxyl groups excluding tert-OH is 2. The summed E-state index contributed by atoms with van der Waals surface area (Å²) in [5.41, 5.74) is 0.0798. The van der Waals surface area contributed by atoms with Crippen LogP contribution in [0, 0.1) is 41.4 Å². The van der Waals surface area contributed by atoms with Crippen molar-refractivity contribution in [1.29, 1.82) is 0 Å². The molecule has 0 heterocycles. The summed E-state index contributed by atoms with van der Waals surface area (Å²) in [5.74, 6) is 4.66. The van der Waals surface area contributed by atoms with Crippen molar-refractivity contribution in [2.75, 3.05) is 19.8 Å². The third kappa shape index (κ3) is 9.46. The summed E-state index contributed by atoms with van der Waals surface area (Å²) in [7, 11) is 0. The van der Waals surface area contributed by atoms with Gasteiger partial charge in [-0.2, -0.15) is 0 Å². The molecule has 1 atom stereocenters. The van der Waals surface area contributed by atoms with Crippen molar-refractivity contribution in [2.24, 2.45) is 41.4 Å². The van der Waals surface area contributed by atoms with Crippen LogP contribution in [0.2, 0.25) is 0 Å². The maximum absolute atomic E-state index is 11.8. The van der Waals surface area contributed by atoms with Gasteiger partial charge in [-0.05, 0) is 74.0 Å². The minimum atomic E-state index is -0.545. The van der Waals surface area contributed by atoms with E-state index in [0.29, 0.717) is 5.92 Å². The van der Waals surface area contributed by atoms with E-state index < -0.39 is 5.97 Å². The Labute approximate surface area is 221 Å². The van der Waals surface area contributed by atoms with Gasteiger partial charge in [0.05, 0.1) is 18.8 Å². The van der Waals surface area contributed by atoms with E-state index in [2.05, 4.69) is 13.5 Å². The van der Waals surface area contributed by atoms with Crippen LogP contribution in [-0.2, 0) is 9.53 Å². The molecule has 3 fully saturated rings. The van der Waals surface area contributed by atoms with Crippen molar-refractivity contribution in [2.45, 2.75) is 122 Å². The number of carbonyl (C=O) groups excluding carboxylic acids is 1. The van der Waals surface area contributed by atoms with Crippen LogP contribution in [0.1, 0.15) is 122 Å². The second-order valence-corrected chi connectivity index (χ2v) is 12.7. The van der Waals surface area contributed by atoms with E-state index in [0.717, 1.165) is 42.4 Å². The molecule has 3 saturated carbocycles. The van der Waals surface area contributed by atoms with E-state index in [1.807, 2.05) is 0 Å². The molecule has 4 nitrogen and oxygen atoms in total. The third-order valence-electron chi connectivity index (χ3n) is 10.3. The zero-order valence-electron chi connectivity index (χ0n) is 23.3. The van der Waals surface area contributed by atoms with Gasteiger partial charge in [0.15, 0.2) is 0 Å². The van der Waals surface area contributed by atoms with E-state index >= 15 is 0 Å². The molecule has 0 aromatic rings. The lowest BCUT2D eigenvalue weighted by Crippen LogP contribution is -2.32. The normalized spacial score (nSPS) is 32.1. The van der Waals surface area contributed by atoms with E-state index in [1.165, 1.54) is 103 Å². The van der Waals surface area contributed by atoms with Gasteiger partial charge < -0.3 is 14.9 Å². The Hall–Kier alpha value is -0.870. The summed E-state index contributed by atoms with van der Waals surface area (Å²) in [6.07, 6.45) is 25.2. The summed E-state index contributed by atoms with van der Waals surface area (Å²) in [6, 6.07) is 0. The third-order valence-corrected chi connectivity index (χ3v) is 10.3. The van der Waals surface area contributed by atoms with Gasteiger partial charge >= 0.3 is 5.97 Å². The summed E-state index contributed by atoms with van der Waals surface area (Å²) >= 11 is 0. The molecule has 4 heteroatoms. The van der Waals surface area contributed by atoms with Crippen molar-refractivity contribution in [3.63, 3.8) is 0 Å². The van der Waals surface area contributed by atoms with Crippen LogP contribution in [0.3, 0.4) is 0 Å². The maximum Gasteiger partial charge on any atom is 0.335 e. The van der Waals surface area contributed by atoms with E-state index in [9.17, 15) is 9.90 Å². The van der Waals surface area contributed by atoms with Crippen LogP contribution in [-0.4, -0.2) is 36.0 Å². The van der Waals surface area contributed by atoms with Gasteiger partial charge in [0.1, 0.15) is 0 Å². The molecule has 0 aliphatic heterocycles. The minimum Gasteiger partial charge on any atom is -0.462 e. The van der Waals surface area contributed by atoms with Crippen molar-refractivity contribution >= 4 is 5.97 Å². The zero-order chi connectivity index (χ0) is 25.8. The number of rotatable bonds is 14. The van der Waals surface area contributed by atoms with Crippen LogP contribution in [0.25, 0.3) is 0 Å². The lowest BCUT2D eigenvalue weighted by atomic mass is 9.67. The quantitative estimate of drug-likeness (QED) is 0.146. The van der Waals surface area contributed by atoms with Crippen molar-refractivity contribution in [3.05, 3.63) is 12.2 Å². The topological polar surface area (TPSA) is 66.8 Å². The highest BCUT2D eigenvalue weighted by atomic mass is 16.5. The number of hydrogen-bond donors (Lipinski definition) is 2. The lowest BCUT2D eigenvalue weighted by Gasteiger charge is -2.39. The average molecular weight is 505 g/mol. The van der Waals surface area contributed by atoms with Crippen LogP contribution in [0.4, 0.5) is 0 Å². The Balaban J connectivity index is 1.28. The molecule has 0 saturated heterocycles. The molecular formula is C32H56O4. The van der Waals surface area contributed by atoms with Crippen LogP contribution in [0.5, 0.6) is 0 Å². The zero-order valence-corrected chi connectivity index (χ0v) is 23.3. The molecule has 0 bridgehead atoms. The Kier molecular flexibility index (Phi) is 13.3. The lowest BCUT2D eigenvalue weighted by molar-refractivity contribution is -0.142. The monoisotopic (exact) mass is 504 g/mol. The second kappa shape index (κ2) is 16.2. The Morgan fingerprint density at radius 3 is 1.78 bits per heavy atom. The van der Waals surface area contributed by atoms with Gasteiger partial charge in [-0.15, -0.1) is 0 Å². The summed E-state index contributed by atoms with van der Waals surface area (Å²) < 4.78 is 5.29. The first-order valence-corrected chi connectivity index (χ1v) is 15.6. The second-order valence-electron chi connectivity index (χ2n) is 12.7. The number of ether oxygens (including phenoxy) is 1. The van der Waals surface area contributed by atoms with E-state index in [-0.39, 0.29) is 31.3 Å². The molecule has 0 radical (unpaired) electrons. The largest absolute Gasteiger partial charge is 0.462 e. The van der Waals surface area contributed by atoms with Crippen LogP contribution in [0.15, 0.2) is 12.2 Å². The molecule has 0 spiro atoms. The standard InChI is InChI=1S/C32H56O4/c1-3-4-5-6-25-7-9-26(10-8-25)11-12-27-13-15-28(16-14-27)29-17-19-30(20-18-29)31(22-34)23-36-32(35)24(2)21-33/h25-31,33-34H,2-23H2,1H3. The minimum absolute atomic E-state index is 0.00327. The molecule has 0 aromatic heterocycles. The van der Waals surface area contributed by atoms with Gasteiger partial charge in [-0.3, -0.25) is 0 Å². The smallest absolute Gasteiger partial charge is 0.335 e. The molecule has 3 aliphatic rings. The summed E-state index contributed by atoms with van der Waals surface area (Å²) in [6.45, 7) is 5.74. The van der Waals surface area contributed by atoms with Crippen molar-refractivity contribution < 1.29 is 19.7 Å². The van der Waals surface area contributed by atoms with Gasteiger partial charge in [-0.1, -0.05) is 90.6 Å². The Bertz CT molecular complexity index is 622. The highest BCUT2D eigenvalue weighted by Crippen LogP contribution is 2.44. The summed E-state index contributed by atoms with van der Waals surface area (Å²) in [4.78, 5) is 11.8. The number of hydrogen-bond acceptors (Lipinski definition) is 4. The molecule has 208 valence electrons. The fourth-order valence-electron chi connectivity index (χ4n) is 7.69. The number of esters is 1. The van der Waals surface area contributed by atoms with E-state index in [1.54, 1.807) is 0 Å². The molecular weight excluding hydrogens is 448 g/mol. The molecule has 1 unspecified atom stereocenters. The molecule has 36 heavy (non-hydrogen) atoms. The summed E-state index contributed by atoms with van der Waals surface area (Å²) in [5, 5.41) is 18.9. The number of aliphatic hydroxyl groups is 2. The Morgan fingerprint density at radius 2 is 1.28 bits per heavy atom. The van der Waals surface area contributed by atoms with Gasteiger partial charge in [0.25, 0.3) is 0 Å². The van der Waals surface area contributed by atoms with Crippen LogP contribution >= 0.6 is 0 Å². The maximum atomic E-state index is 11.8. The fourth-order valence-corrected chi connectivity index (χ4v) is 7.69. The highest BCUT2D eigenvalue weighted by molar-refractivity contribution is 5.87. The molecule has 2 N–H and O–H groups in total. The van der Waals surface area contributed by atoms with Gasteiger partial charge in [0.2, 0.25) is 0 Å². The first kappa shape index (κ1) is 29.7. The van der Waals surface area contributed by atoms with Gasteiger partial charge in [-0.25, -0.2) is 4.79 Å². The average Bonchev–Trinajstić information content (AvgIpc) is 2.93. The van der Waals surface area contributed by atoms with Crippen molar-refractivity contribution in [1.82, 2.24) is 0 Å². The first-order valence-electron chi connectivity index (χ1n) is 15.6. The van der Waals surface area contributed by atoms with Crippen molar-refractivity contribution in [3.8, 4) is 0 Å².